The third-order valence-electron chi connectivity index (χ3n) is 3.22. The van der Waals surface area contributed by atoms with Crippen LogP contribution < -0.4 is 15.4 Å². The van der Waals surface area contributed by atoms with Gasteiger partial charge in [0.2, 0.25) is 5.91 Å². The van der Waals surface area contributed by atoms with Crippen LogP contribution in [0.15, 0.2) is 54.6 Å². The van der Waals surface area contributed by atoms with Crippen molar-refractivity contribution in [2.75, 3.05) is 19.0 Å². The van der Waals surface area contributed by atoms with E-state index < -0.39 is 0 Å². The highest BCUT2D eigenvalue weighted by Crippen LogP contribution is 2.16. The van der Waals surface area contributed by atoms with Crippen molar-refractivity contribution in [3.63, 3.8) is 0 Å². The van der Waals surface area contributed by atoms with Crippen molar-refractivity contribution in [1.82, 2.24) is 5.32 Å². The summed E-state index contributed by atoms with van der Waals surface area (Å²) in [6.07, 6.45) is 0. The maximum atomic E-state index is 11.9. The number of anilines is 1. The van der Waals surface area contributed by atoms with Crippen molar-refractivity contribution >= 4 is 11.6 Å². The van der Waals surface area contributed by atoms with E-state index in [4.69, 9.17) is 4.74 Å². The molecule has 0 saturated carbocycles. The van der Waals surface area contributed by atoms with E-state index in [0.29, 0.717) is 0 Å². The van der Waals surface area contributed by atoms with Gasteiger partial charge in [-0.3, -0.25) is 4.79 Å². The van der Waals surface area contributed by atoms with E-state index in [0.717, 1.165) is 17.0 Å². The predicted octanol–water partition coefficient (Wildman–Crippen LogP) is 2.98. The molecule has 2 N–H and O–H groups in total. The summed E-state index contributed by atoms with van der Waals surface area (Å²) in [4.78, 5) is 11.9. The average molecular weight is 284 g/mol. The molecule has 4 nitrogen and oxygen atoms in total. The van der Waals surface area contributed by atoms with E-state index in [-0.39, 0.29) is 18.5 Å². The molecule has 1 amide bonds. The van der Waals surface area contributed by atoms with Gasteiger partial charge in [-0.2, -0.15) is 0 Å². The molecule has 0 radical (unpaired) electrons. The lowest BCUT2D eigenvalue weighted by molar-refractivity contribution is -0.115. The Morgan fingerprint density at radius 2 is 1.90 bits per heavy atom. The molecule has 0 fully saturated rings. The van der Waals surface area contributed by atoms with Crippen molar-refractivity contribution in [3.05, 3.63) is 60.2 Å². The Balaban J connectivity index is 1.84. The zero-order valence-corrected chi connectivity index (χ0v) is 12.3. The lowest BCUT2D eigenvalue weighted by Gasteiger charge is -2.14. The Morgan fingerprint density at radius 1 is 1.14 bits per heavy atom. The minimum Gasteiger partial charge on any atom is -0.497 e. The molecule has 110 valence electrons. The molecule has 0 aliphatic carbocycles. The third-order valence-corrected chi connectivity index (χ3v) is 3.22. The quantitative estimate of drug-likeness (QED) is 0.857. The molecule has 0 aliphatic heterocycles. The number of amides is 1. The van der Waals surface area contributed by atoms with Gasteiger partial charge in [0.05, 0.1) is 13.7 Å². The van der Waals surface area contributed by atoms with Crippen molar-refractivity contribution < 1.29 is 9.53 Å². The summed E-state index contributed by atoms with van der Waals surface area (Å²) in [5, 5.41) is 6.05. The van der Waals surface area contributed by atoms with E-state index in [1.165, 1.54) is 0 Å². The Labute approximate surface area is 125 Å². The normalized spacial score (nSPS) is 11.7. The summed E-state index contributed by atoms with van der Waals surface area (Å²) in [6.45, 7) is 2.29. The standard InChI is InChI=1S/C17H20N2O2/c1-13(14-7-4-3-5-8-14)18-12-17(20)19-15-9-6-10-16(11-15)21-2/h3-11,13,18H,12H2,1-2H3,(H,19,20). The first-order valence-corrected chi connectivity index (χ1v) is 6.91. The molecule has 1 atom stereocenters. The van der Waals surface area contributed by atoms with E-state index in [9.17, 15) is 4.79 Å². The van der Waals surface area contributed by atoms with Crippen LogP contribution in [0.5, 0.6) is 5.75 Å². The van der Waals surface area contributed by atoms with Crippen molar-refractivity contribution in [2.45, 2.75) is 13.0 Å². The molecular weight excluding hydrogens is 264 g/mol. The molecule has 0 heterocycles. The molecule has 0 aliphatic rings. The third kappa shape index (κ3) is 4.61. The van der Waals surface area contributed by atoms with Crippen LogP contribution in [0.25, 0.3) is 0 Å². The second-order valence-corrected chi connectivity index (χ2v) is 4.79. The monoisotopic (exact) mass is 284 g/mol. The number of hydrogen-bond acceptors (Lipinski definition) is 3. The first-order chi connectivity index (χ1) is 10.2. The van der Waals surface area contributed by atoms with Crippen LogP contribution in [-0.2, 0) is 4.79 Å². The summed E-state index contributed by atoms with van der Waals surface area (Å²) in [5.74, 6) is 0.643. The number of methoxy groups -OCH3 is 1. The molecule has 2 rings (SSSR count). The summed E-state index contributed by atoms with van der Waals surface area (Å²) in [6, 6.07) is 17.5. The Morgan fingerprint density at radius 3 is 2.62 bits per heavy atom. The van der Waals surface area contributed by atoms with Crippen molar-refractivity contribution in [2.24, 2.45) is 0 Å². The molecule has 2 aromatic carbocycles. The van der Waals surface area contributed by atoms with Gasteiger partial charge in [0.25, 0.3) is 0 Å². The Hall–Kier alpha value is -2.33. The zero-order chi connectivity index (χ0) is 15.1. The van der Waals surface area contributed by atoms with Crippen LogP contribution >= 0.6 is 0 Å². The maximum absolute atomic E-state index is 11.9. The topological polar surface area (TPSA) is 50.4 Å². The van der Waals surface area contributed by atoms with Gasteiger partial charge in [0.15, 0.2) is 0 Å². The summed E-state index contributed by atoms with van der Waals surface area (Å²) in [5.41, 5.74) is 1.89. The summed E-state index contributed by atoms with van der Waals surface area (Å²) >= 11 is 0. The van der Waals surface area contributed by atoms with Crippen LogP contribution in [0.1, 0.15) is 18.5 Å². The van der Waals surface area contributed by atoms with Gasteiger partial charge < -0.3 is 15.4 Å². The Bertz CT molecular complexity index is 584. The van der Waals surface area contributed by atoms with Gasteiger partial charge in [-0.1, -0.05) is 36.4 Å². The average Bonchev–Trinajstić information content (AvgIpc) is 2.53. The lowest BCUT2D eigenvalue weighted by atomic mass is 10.1. The van der Waals surface area contributed by atoms with Gasteiger partial charge in [-0.25, -0.2) is 0 Å². The van der Waals surface area contributed by atoms with Gasteiger partial charge in [0, 0.05) is 17.8 Å². The highest BCUT2D eigenvalue weighted by atomic mass is 16.5. The summed E-state index contributed by atoms with van der Waals surface area (Å²) < 4.78 is 5.13. The smallest absolute Gasteiger partial charge is 0.238 e. The van der Waals surface area contributed by atoms with E-state index in [2.05, 4.69) is 10.6 Å². The van der Waals surface area contributed by atoms with Gasteiger partial charge >= 0.3 is 0 Å². The molecule has 4 heteroatoms. The van der Waals surface area contributed by atoms with E-state index >= 15 is 0 Å². The number of nitrogens with one attached hydrogen (secondary N) is 2. The molecule has 0 aromatic heterocycles. The molecule has 0 spiro atoms. The fourth-order valence-electron chi connectivity index (χ4n) is 2.01. The van der Waals surface area contributed by atoms with Crippen LogP contribution in [-0.4, -0.2) is 19.6 Å². The summed E-state index contributed by atoms with van der Waals surface area (Å²) in [7, 11) is 1.60. The number of carbonyl (C=O) groups is 1. The maximum Gasteiger partial charge on any atom is 0.238 e. The van der Waals surface area contributed by atoms with Gasteiger partial charge in [-0.05, 0) is 24.6 Å². The van der Waals surface area contributed by atoms with Crippen LogP contribution in [0.3, 0.4) is 0 Å². The van der Waals surface area contributed by atoms with E-state index in [1.54, 1.807) is 13.2 Å². The van der Waals surface area contributed by atoms with Crippen molar-refractivity contribution in [3.8, 4) is 5.75 Å². The van der Waals surface area contributed by atoms with Gasteiger partial charge in [0.1, 0.15) is 5.75 Å². The molecule has 0 saturated heterocycles. The minimum absolute atomic E-state index is 0.0777. The molecule has 2 aromatic rings. The number of carbonyl (C=O) groups excluding carboxylic acids is 1. The fraction of sp³-hybridized carbons (Fsp3) is 0.235. The SMILES string of the molecule is COc1cccc(NC(=O)CNC(C)c2ccccc2)c1. The molecule has 21 heavy (non-hydrogen) atoms. The first-order valence-electron chi connectivity index (χ1n) is 6.91. The largest absolute Gasteiger partial charge is 0.497 e. The molecule has 1 unspecified atom stereocenters. The molecular formula is C17H20N2O2. The molecule has 0 bridgehead atoms. The van der Waals surface area contributed by atoms with E-state index in [1.807, 2.05) is 55.5 Å². The van der Waals surface area contributed by atoms with Crippen molar-refractivity contribution in [1.29, 1.82) is 0 Å². The second-order valence-electron chi connectivity index (χ2n) is 4.79. The number of benzene rings is 2. The number of ether oxygens (including phenoxy) is 1. The highest BCUT2D eigenvalue weighted by molar-refractivity contribution is 5.92. The fourth-order valence-corrected chi connectivity index (χ4v) is 2.01. The number of rotatable bonds is 6. The first kappa shape index (κ1) is 15.1. The zero-order valence-electron chi connectivity index (χ0n) is 12.3. The Kier molecular flexibility index (Phi) is 5.35. The number of hydrogen-bond donors (Lipinski definition) is 2. The van der Waals surface area contributed by atoms with Crippen LogP contribution in [0, 0.1) is 0 Å². The lowest BCUT2D eigenvalue weighted by Crippen LogP contribution is -2.30. The predicted molar refractivity (Wildman–Crippen MR) is 84.5 cm³/mol. The van der Waals surface area contributed by atoms with Gasteiger partial charge in [-0.15, -0.1) is 0 Å². The van der Waals surface area contributed by atoms with Crippen LogP contribution in [0.4, 0.5) is 5.69 Å². The highest BCUT2D eigenvalue weighted by Gasteiger charge is 2.07. The minimum atomic E-state index is -0.0777. The van der Waals surface area contributed by atoms with Crippen LogP contribution in [0.2, 0.25) is 0 Å². The second kappa shape index (κ2) is 7.45.